The van der Waals surface area contributed by atoms with Crippen molar-refractivity contribution in [3.63, 3.8) is 0 Å². The zero-order valence-electron chi connectivity index (χ0n) is 12.6. The van der Waals surface area contributed by atoms with Gasteiger partial charge in [-0.2, -0.15) is 0 Å². The highest BCUT2D eigenvalue weighted by molar-refractivity contribution is 6.71. The van der Waals surface area contributed by atoms with Crippen LogP contribution in [0.25, 0.3) is 0 Å². The van der Waals surface area contributed by atoms with E-state index in [1.165, 1.54) is 0 Å². The second-order valence-corrected chi connectivity index (χ2v) is 9.40. The van der Waals surface area contributed by atoms with Gasteiger partial charge >= 0.3 is 0 Å². The summed E-state index contributed by atoms with van der Waals surface area (Å²) >= 11 is 0. The first-order valence-electron chi connectivity index (χ1n) is 6.53. The molecular weight excluding hydrogens is 262 g/mol. The second-order valence-electron chi connectivity index (χ2n) is 4.97. The zero-order chi connectivity index (χ0) is 14.7. The predicted octanol–water partition coefficient (Wildman–Crippen LogP) is 1.56. The molecule has 5 nitrogen and oxygen atoms in total. The van der Waals surface area contributed by atoms with Gasteiger partial charge in [-0.25, -0.2) is 0 Å². The van der Waals surface area contributed by atoms with E-state index in [9.17, 15) is 4.79 Å². The van der Waals surface area contributed by atoms with Crippen LogP contribution in [0.5, 0.6) is 0 Å². The lowest BCUT2D eigenvalue weighted by Gasteiger charge is -2.19. The number of carbonyl (C=O) groups is 1. The molecule has 0 aliphatic carbocycles. The minimum Gasteiger partial charge on any atom is -0.420 e. The molecule has 19 heavy (non-hydrogen) atoms. The van der Waals surface area contributed by atoms with Crippen molar-refractivity contribution in [2.24, 2.45) is 0 Å². The lowest BCUT2D eigenvalue weighted by Crippen LogP contribution is -2.30. The number of hydrogen-bond acceptors (Lipinski definition) is 4. The van der Waals surface area contributed by atoms with E-state index in [4.69, 9.17) is 13.9 Å². The Morgan fingerprint density at radius 1 is 1.16 bits per heavy atom. The lowest BCUT2D eigenvalue weighted by molar-refractivity contribution is -0.117. The fourth-order valence-corrected chi connectivity index (χ4v) is 1.97. The first-order chi connectivity index (χ1) is 8.89. The summed E-state index contributed by atoms with van der Waals surface area (Å²) in [4.78, 5) is 11.1. The number of hydrogen-bond donors (Lipinski definition) is 1. The highest BCUT2D eigenvalue weighted by atomic mass is 28.4. The van der Waals surface area contributed by atoms with Gasteiger partial charge in [0.25, 0.3) is 0 Å². The van der Waals surface area contributed by atoms with Crippen LogP contribution in [-0.2, 0) is 18.7 Å². The summed E-state index contributed by atoms with van der Waals surface area (Å²) in [6, 6.07) is 0.984. The van der Waals surface area contributed by atoms with E-state index in [1.54, 1.807) is 14.0 Å². The van der Waals surface area contributed by atoms with Crippen molar-refractivity contribution in [3.05, 3.63) is 12.2 Å². The molecule has 0 atom stereocenters. The van der Waals surface area contributed by atoms with Crippen molar-refractivity contribution in [2.75, 3.05) is 40.1 Å². The summed E-state index contributed by atoms with van der Waals surface area (Å²) < 4.78 is 16.2. The van der Waals surface area contributed by atoms with Crippen molar-refractivity contribution < 1.29 is 18.7 Å². The maximum atomic E-state index is 11.1. The highest BCUT2D eigenvalue weighted by Crippen LogP contribution is 2.08. The number of ether oxygens (including phenoxy) is 2. The minimum absolute atomic E-state index is 0.133. The maximum Gasteiger partial charge on any atom is 0.246 e. The third kappa shape index (κ3) is 10.9. The first kappa shape index (κ1) is 18.3. The Morgan fingerprint density at radius 3 is 2.26 bits per heavy atom. The minimum atomic E-state index is -1.50. The zero-order valence-corrected chi connectivity index (χ0v) is 13.6. The molecule has 0 aliphatic rings. The molecule has 0 bridgehead atoms. The first-order valence-corrected chi connectivity index (χ1v) is 9.65. The molecule has 0 radical (unpaired) electrons. The quantitative estimate of drug-likeness (QED) is 0.356. The van der Waals surface area contributed by atoms with E-state index in [0.29, 0.717) is 38.5 Å². The molecule has 0 spiro atoms. The molecule has 0 saturated heterocycles. The van der Waals surface area contributed by atoms with Gasteiger partial charge in [0.1, 0.15) is 0 Å². The molecule has 112 valence electrons. The summed E-state index contributed by atoms with van der Waals surface area (Å²) in [7, 11) is 0.255. The Hall–Kier alpha value is -0.693. The third-order valence-corrected chi connectivity index (χ3v) is 5.21. The number of carbonyl (C=O) groups excluding carboxylic acids is 1. The molecule has 0 aromatic carbocycles. The van der Waals surface area contributed by atoms with E-state index in [0.717, 1.165) is 6.04 Å². The average Bonchev–Trinajstić information content (AvgIpc) is 2.36. The van der Waals surface area contributed by atoms with Crippen molar-refractivity contribution in [1.29, 1.82) is 0 Å². The Labute approximate surface area is 117 Å². The Morgan fingerprint density at radius 2 is 1.74 bits per heavy atom. The highest BCUT2D eigenvalue weighted by Gasteiger charge is 2.19. The molecule has 1 amide bonds. The van der Waals surface area contributed by atoms with E-state index in [-0.39, 0.29) is 5.91 Å². The van der Waals surface area contributed by atoms with Crippen LogP contribution in [0.1, 0.15) is 6.92 Å². The van der Waals surface area contributed by atoms with Gasteiger partial charge in [0, 0.05) is 25.8 Å². The Balaban J connectivity index is 3.28. The Bertz CT molecular complexity index is 282. The van der Waals surface area contributed by atoms with Crippen LogP contribution in [0.3, 0.4) is 0 Å². The lowest BCUT2D eigenvalue weighted by atomic mass is 10.3. The molecular formula is C13H27NO4Si. The van der Waals surface area contributed by atoms with Gasteiger partial charge in [0.05, 0.1) is 19.8 Å². The molecule has 0 aliphatic heterocycles. The summed E-state index contributed by atoms with van der Waals surface area (Å²) in [6.45, 7) is 12.4. The van der Waals surface area contributed by atoms with Crippen LogP contribution in [0.2, 0.25) is 19.1 Å². The average molecular weight is 289 g/mol. The van der Waals surface area contributed by atoms with Gasteiger partial charge < -0.3 is 19.2 Å². The molecule has 0 rings (SSSR count). The predicted molar refractivity (Wildman–Crippen MR) is 78.8 cm³/mol. The molecule has 6 heteroatoms. The summed E-state index contributed by atoms with van der Waals surface area (Å²) in [5.74, 6) is -0.133. The molecule has 0 aromatic heterocycles. The summed E-state index contributed by atoms with van der Waals surface area (Å²) in [5.41, 5.74) is 0.508. The van der Waals surface area contributed by atoms with Crippen LogP contribution < -0.4 is 5.32 Å². The maximum absolute atomic E-state index is 11.1. The Kier molecular flexibility index (Phi) is 9.77. The topological polar surface area (TPSA) is 56.8 Å². The van der Waals surface area contributed by atoms with Crippen molar-refractivity contribution >= 4 is 14.2 Å². The van der Waals surface area contributed by atoms with Gasteiger partial charge in [0.15, 0.2) is 8.32 Å². The van der Waals surface area contributed by atoms with Crippen LogP contribution in [0.15, 0.2) is 12.2 Å². The van der Waals surface area contributed by atoms with Crippen LogP contribution in [0.4, 0.5) is 0 Å². The van der Waals surface area contributed by atoms with Crippen LogP contribution in [0, 0.1) is 0 Å². The molecule has 0 heterocycles. The van der Waals surface area contributed by atoms with Crippen molar-refractivity contribution in [1.82, 2.24) is 5.32 Å². The molecule has 0 unspecified atom stereocenters. The van der Waals surface area contributed by atoms with Crippen LogP contribution in [-0.4, -0.2) is 54.3 Å². The number of nitrogens with one attached hydrogen (secondary N) is 1. The SMILES string of the molecule is C=C(C)C(=O)NCCOCCOCC[Si](C)(C)OC. The van der Waals surface area contributed by atoms with Crippen LogP contribution >= 0.6 is 0 Å². The third-order valence-electron chi connectivity index (χ3n) is 2.69. The normalized spacial score (nSPS) is 11.4. The number of amides is 1. The largest absolute Gasteiger partial charge is 0.420 e. The number of rotatable bonds is 11. The van der Waals surface area contributed by atoms with E-state index >= 15 is 0 Å². The second kappa shape index (κ2) is 10.1. The van der Waals surface area contributed by atoms with Gasteiger partial charge in [-0.15, -0.1) is 0 Å². The van der Waals surface area contributed by atoms with Gasteiger partial charge in [-0.05, 0) is 26.1 Å². The van der Waals surface area contributed by atoms with Gasteiger partial charge in [-0.1, -0.05) is 6.58 Å². The molecule has 0 fully saturated rings. The fourth-order valence-electron chi connectivity index (χ4n) is 1.13. The summed E-state index contributed by atoms with van der Waals surface area (Å²) in [6.07, 6.45) is 0. The smallest absolute Gasteiger partial charge is 0.246 e. The van der Waals surface area contributed by atoms with E-state index < -0.39 is 8.32 Å². The molecule has 0 aromatic rings. The van der Waals surface area contributed by atoms with Crippen molar-refractivity contribution in [2.45, 2.75) is 26.1 Å². The fraction of sp³-hybridized carbons (Fsp3) is 0.769. The molecule has 0 saturated carbocycles. The van der Waals surface area contributed by atoms with Gasteiger partial charge in [0.2, 0.25) is 5.91 Å². The molecule has 1 N–H and O–H groups in total. The van der Waals surface area contributed by atoms with E-state index in [1.807, 2.05) is 0 Å². The standard InChI is InChI=1S/C13H27NO4Si/c1-12(2)13(15)14-6-7-17-8-9-18-10-11-19(4,5)16-3/h1,6-11H2,2-5H3,(H,14,15). The van der Waals surface area contributed by atoms with Gasteiger partial charge in [-0.3, -0.25) is 4.79 Å². The van der Waals surface area contributed by atoms with E-state index in [2.05, 4.69) is 25.0 Å². The van der Waals surface area contributed by atoms with Crippen molar-refractivity contribution in [3.8, 4) is 0 Å². The summed E-state index contributed by atoms with van der Waals surface area (Å²) in [5, 5.41) is 2.70. The monoisotopic (exact) mass is 289 g/mol.